The molecule has 0 spiro atoms. The summed E-state index contributed by atoms with van der Waals surface area (Å²) < 4.78 is 1.99. The van der Waals surface area contributed by atoms with E-state index in [4.69, 9.17) is 0 Å². The van der Waals surface area contributed by atoms with E-state index >= 15 is 0 Å². The van der Waals surface area contributed by atoms with E-state index in [0.717, 1.165) is 36.6 Å². The smallest absolute Gasteiger partial charge is 0.175 e. The third-order valence-corrected chi connectivity index (χ3v) is 8.38. The number of nitrogens with zero attached hydrogens (tertiary/aromatic N) is 4. The summed E-state index contributed by atoms with van der Waals surface area (Å²) in [5, 5.41) is 11.7. The summed E-state index contributed by atoms with van der Waals surface area (Å²) in [7, 11) is 0. The SMILES string of the molecule is CC(C)c1ccc(CSc2nnc(SCc3csc(-c4ccccn4)n3)s2)cc1. The van der Waals surface area contributed by atoms with E-state index in [1.807, 2.05) is 18.2 Å². The van der Waals surface area contributed by atoms with Crippen molar-refractivity contribution >= 4 is 46.2 Å². The number of pyridine rings is 1. The van der Waals surface area contributed by atoms with Crippen LogP contribution in [0.25, 0.3) is 10.7 Å². The molecule has 4 nitrogen and oxygen atoms in total. The highest BCUT2D eigenvalue weighted by molar-refractivity contribution is 8.02. The fourth-order valence-electron chi connectivity index (χ4n) is 2.57. The van der Waals surface area contributed by atoms with E-state index in [1.54, 1.807) is 52.4 Å². The zero-order valence-corrected chi connectivity index (χ0v) is 19.4. The van der Waals surface area contributed by atoms with Gasteiger partial charge in [-0.2, -0.15) is 0 Å². The number of hydrogen-bond donors (Lipinski definition) is 0. The molecule has 3 aromatic heterocycles. The molecule has 0 amide bonds. The lowest BCUT2D eigenvalue weighted by molar-refractivity contribution is 0.866. The van der Waals surface area contributed by atoms with Gasteiger partial charge in [-0.1, -0.05) is 79.0 Å². The van der Waals surface area contributed by atoms with E-state index < -0.39 is 0 Å². The average Bonchev–Trinajstić information content (AvgIpc) is 3.41. The highest BCUT2D eigenvalue weighted by atomic mass is 32.2. The maximum Gasteiger partial charge on any atom is 0.175 e. The Morgan fingerprint density at radius 3 is 2.38 bits per heavy atom. The minimum absolute atomic E-state index is 0.567. The van der Waals surface area contributed by atoms with Crippen LogP contribution in [0, 0.1) is 0 Å². The van der Waals surface area contributed by atoms with Gasteiger partial charge < -0.3 is 0 Å². The molecular formula is C21H20N4S4. The van der Waals surface area contributed by atoms with Crippen LogP contribution in [0.3, 0.4) is 0 Å². The Bertz CT molecular complexity index is 1040. The predicted molar refractivity (Wildman–Crippen MR) is 125 cm³/mol. The molecule has 4 rings (SSSR count). The molecule has 0 saturated carbocycles. The molecular weight excluding hydrogens is 437 g/mol. The first-order valence-corrected chi connectivity index (χ1v) is 12.9. The maximum absolute atomic E-state index is 4.68. The maximum atomic E-state index is 4.68. The third kappa shape index (κ3) is 5.66. The summed E-state index contributed by atoms with van der Waals surface area (Å²) in [5.41, 5.74) is 4.66. The molecule has 0 bridgehead atoms. The number of rotatable bonds is 8. The molecule has 3 heterocycles. The van der Waals surface area contributed by atoms with Gasteiger partial charge in [0.2, 0.25) is 0 Å². The largest absolute Gasteiger partial charge is 0.254 e. The molecule has 29 heavy (non-hydrogen) atoms. The lowest BCUT2D eigenvalue weighted by Gasteiger charge is -2.05. The standard InChI is InChI=1S/C21H20N4S4/c1-14(2)16-8-6-15(7-9-16)11-27-20-24-25-21(29-20)28-13-17-12-26-19(23-17)18-5-3-4-10-22-18/h3-10,12,14H,11,13H2,1-2H3. The van der Waals surface area contributed by atoms with Gasteiger partial charge in [0.05, 0.1) is 11.4 Å². The topological polar surface area (TPSA) is 51.6 Å². The minimum Gasteiger partial charge on any atom is -0.254 e. The third-order valence-electron chi connectivity index (χ3n) is 4.18. The molecule has 148 valence electrons. The monoisotopic (exact) mass is 456 g/mol. The number of thiazole rings is 1. The van der Waals surface area contributed by atoms with Crippen molar-refractivity contribution in [2.75, 3.05) is 0 Å². The first kappa shape index (κ1) is 20.5. The van der Waals surface area contributed by atoms with Crippen molar-refractivity contribution in [3.8, 4) is 10.7 Å². The van der Waals surface area contributed by atoms with E-state index in [9.17, 15) is 0 Å². The van der Waals surface area contributed by atoms with Gasteiger partial charge in [-0.25, -0.2) is 4.98 Å². The second-order valence-corrected chi connectivity index (χ2v) is 10.9. The Balaban J connectivity index is 1.29. The first-order valence-electron chi connectivity index (χ1n) is 9.21. The van der Waals surface area contributed by atoms with Crippen molar-refractivity contribution in [2.24, 2.45) is 0 Å². The Morgan fingerprint density at radius 2 is 1.69 bits per heavy atom. The summed E-state index contributed by atoms with van der Waals surface area (Å²) in [6.07, 6.45) is 1.80. The van der Waals surface area contributed by atoms with Crippen LogP contribution in [-0.4, -0.2) is 20.2 Å². The van der Waals surface area contributed by atoms with Gasteiger partial charge in [-0.3, -0.25) is 4.98 Å². The number of benzene rings is 1. The van der Waals surface area contributed by atoms with Gasteiger partial charge in [0, 0.05) is 23.1 Å². The van der Waals surface area contributed by atoms with E-state index in [0.29, 0.717) is 5.92 Å². The summed E-state index contributed by atoms with van der Waals surface area (Å²) in [6, 6.07) is 14.7. The number of hydrogen-bond acceptors (Lipinski definition) is 8. The minimum atomic E-state index is 0.567. The molecule has 4 aromatic rings. The molecule has 0 radical (unpaired) electrons. The molecule has 0 aliphatic rings. The highest BCUT2D eigenvalue weighted by Gasteiger charge is 2.10. The second-order valence-electron chi connectivity index (χ2n) is 6.67. The molecule has 0 aliphatic carbocycles. The normalized spacial score (nSPS) is 11.3. The van der Waals surface area contributed by atoms with Crippen LogP contribution in [0.2, 0.25) is 0 Å². The fraction of sp³-hybridized carbons (Fsp3) is 0.238. The summed E-state index contributed by atoms with van der Waals surface area (Å²) in [5.74, 6) is 2.27. The molecule has 0 fully saturated rings. The number of thioether (sulfide) groups is 2. The molecule has 1 aromatic carbocycles. The van der Waals surface area contributed by atoms with Crippen molar-refractivity contribution in [2.45, 2.75) is 40.0 Å². The van der Waals surface area contributed by atoms with Gasteiger partial charge in [-0.05, 0) is 29.2 Å². The van der Waals surface area contributed by atoms with E-state index in [2.05, 4.69) is 63.7 Å². The van der Waals surface area contributed by atoms with Crippen LogP contribution >= 0.6 is 46.2 Å². The van der Waals surface area contributed by atoms with Crippen molar-refractivity contribution < 1.29 is 0 Å². The van der Waals surface area contributed by atoms with Crippen LogP contribution < -0.4 is 0 Å². The first-order chi connectivity index (χ1) is 14.2. The van der Waals surface area contributed by atoms with Gasteiger partial charge in [-0.15, -0.1) is 21.5 Å². The van der Waals surface area contributed by atoms with Crippen LogP contribution in [0.15, 0.2) is 62.7 Å². The van der Waals surface area contributed by atoms with Crippen LogP contribution in [0.1, 0.15) is 36.6 Å². The number of aromatic nitrogens is 4. The van der Waals surface area contributed by atoms with Crippen LogP contribution in [-0.2, 0) is 11.5 Å². The Labute approximate surface area is 187 Å². The zero-order chi connectivity index (χ0) is 20.1. The Morgan fingerprint density at radius 1 is 0.931 bits per heavy atom. The molecule has 0 aliphatic heterocycles. The zero-order valence-electron chi connectivity index (χ0n) is 16.1. The van der Waals surface area contributed by atoms with Gasteiger partial charge >= 0.3 is 0 Å². The van der Waals surface area contributed by atoms with Gasteiger partial charge in [0.25, 0.3) is 0 Å². The molecule has 8 heteroatoms. The van der Waals surface area contributed by atoms with Crippen molar-refractivity contribution in [3.05, 3.63) is 70.9 Å². The summed E-state index contributed by atoms with van der Waals surface area (Å²) in [4.78, 5) is 9.04. The molecule has 0 N–H and O–H groups in total. The van der Waals surface area contributed by atoms with Crippen molar-refractivity contribution in [3.63, 3.8) is 0 Å². The van der Waals surface area contributed by atoms with E-state index in [1.165, 1.54) is 11.1 Å². The highest BCUT2D eigenvalue weighted by Crippen LogP contribution is 2.33. The van der Waals surface area contributed by atoms with Crippen LogP contribution in [0.5, 0.6) is 0 Å². The van der Waals surface area contributed by atoms with E-state index in [-0.39, 0.29) is 0 Å². The van der Waals surface area contributed by atoms with Crippen molar-refractivity contribution in [1.82, 2.24) is 20.2 Å². The summed E-state index contributed by atoms with van der Waals surface area (Å²) >= 11 is 6.70. The molecule has 0 atom stereocenters. The lowest BCUT2D eigenvalue weighted by atomic mass is 10.0. The van der Waals surface area contributed by atoms with Crippen molar-refractivity contribution in [1.29, 1.82) is 0 Å². The molecule has 0 unspecified atom stereocenters. The quantitative estimate of drug-likeness (QED) is 0.273. The van der Waals surface area contributed by atoms with Crippen LogP contribution in [0.4, 0.5) is 0 Å². The second kappa shape index (κ2) is 9.84. The Hall–Kier alpha value is -1.74. The average molecular weight is 457 g/mol. The molecule has 0 saturated heterocycles. The Kier molecular flexibility index (Phi) is 6.97. The van der Waals surface area contributed by atoms with Gasteiger partial charge in [0.1, 0.15) is 5.01 Å². The summed E-state index contributed by atoms with van der Waals surface area (Å²) in [6.45, 7) is 4.43. The van der Waals surface area contributed by atoms with Gasteiger partial charge in [0.15, 0.2) is 8.68 Å². The predicted octanol–water partition coefficient (Wildman–Crippen LogP) is 6.76. The fourth-order valence-corrected chi connectivity index (χ4v) is 6.34. The lowest BCUT2D eigenvalue weighted by Crippen LogP contribution is -1.87.